The molecule has 5 rings (SSSR count). The molecule has 2 amide bonds. The van der Waals surface area contributed by atoms with Crippen molar-refractivity contribution < 1.29 is 19.4 Å². The number of carbonyl (C=O) groups is 1. The van der Waals surface area contributed by atoms with E-state index < -0.39 is 12.3 Å². The molecule has 0 bridgehead atoms. The van der Waals surface area contributed by atoms with E-state index in [-0.39, 0.29) is 0 Å². The minimum atomic E-state index is -0.799. The second kappa shape index (κ2) is 11.7. The van der Waals surface area contributed by atoms with E-state index in [0.717, 1.165) is 33.3 Å². The lowest BCUT2D eigenvalue weighted by atomic mass is 10.1. The van der Waals surface area contributed by atoms with Crippen LogP contribution in [0.15, 0.2) is 91.0 Å². The van der Waals surface area contributed by atoms with Gasteiger partial charge in [-0.1, -0.05) is 54.6 Å². The van der Waals surface area contributed by atoms with Crippen LogP contribution in [0.25, 0.3) is 21.8 Å². The average Bonchev–Trinajstić information content (AvgIpc) is 3.29. The van der Waals surface area contributed by atoms with E-state index in [1.165, 1.54) is 5.39 Å². The van der Waals surface area contributed by atoms with Gasteiger partial charge < -0.3 is 30.6 Å². The summed E-state index contributed by atoms with van der Waals surface area (Å²) in [5.41, 5.74) is 9.73. The van der Waals surface area contributed by atoms with Crippen molar-refractivity contribution in [2.24, 2.45) is 5.73 Å². The first-order chi connectivity index (χ1) is 18.5. The quantitative estimate of drug-likeness (QED) is 0.128. The molecule has 6 N–H and O–H groups in total. The van der Waals surface area contributed by atoms with Crippen molar-refractivity contribution >= 4 is 33.5 Å². The van der Waals surface area contributed by atoms with E-state index in [2.05, 4.69) is 33.8 Å². The van der Waals surface area contributed by atoms with E-state index in [4.69, 9.17) is 15.2 Å². The van der Waals surface area contributed by atoms with Crippen LogP contribution in [0.4, 0.5) is 10.5 Å². The Labute approximate surface area is 220 Å². The molecule has 1 atom stereocenters. The minimum absolute atomic E-state index is 0.327. The summed E-state index contributed by atoms with van der Waals surface area (Å²) in [5, 5.41) is 18.5. The third-order valence-electron chi connectivity index (χ3n) is 6.20. The van der Waals surface area contributed by atoms with Crippen LogP contribution in [0.2, 0.25) is 0 Å². The number of H-pyrrole nitrogens is 1. The Kier molecular flexibility index (Phi) is 7.73. The molecule has 5 aromatic rings. The molecule has 194 valence electrons. The molecule has 0 aliphatic rings. The zero-order chi connectivity index (χ0) is 26.3. The summed E-state index contributed by atoms with van der Waals surface area (Å²) in [4.78, 5) is 14.9. The fourth-order valence-electron chi connectivity index (χ4n) is 4.41. The number of anilines is 1. The number of benzene rings is 4. The number of para-hydroxylation sites is 1. The zero-order valence-corrected chi connectivity index (χ0v) is 20.8. The van der Waals surface area contributed by atoms with Crippen molar-refractivity contribution in [3.05, 3.63) is 102 Å². The largest absolute Gasteiger partial charge is 0.492 e. The monoisotopic (exact) mass is 510 g/mol. The molecule has 8 heteroatoms. The molecule has 0 spiro atoms. The molecule has 0 saturated heterocycles. The standard InChI is InChI=1S/C30H30N4O4/c31-30(36)34-27-16-21(10-13-28(27)38-19-20-6-2-1-3-7-20)17-29(35)32-14-15-37-22-11-12-24-23-8-4-5-9-25(23)33-26(24)18-22/h1-13,16,18,29,32-33,35H,14-15,17,19H2,(H3,31,34,36). The van der Waals surface area contributed by atoms with Crippen LogP contribution >= 0.6 is 0 Å². The summed E-state index contributed by atoms with van der Waals surface area (Å²) < 4.78 is 11.8. The van der Waals surface area contributed by atoms with Gasteiger partial charge >= 0.3 is 6.03 Å². The van der Waals surface area contributed by atoms with E-state index in [0.29, 0.717) is 37.6 Å². The van der Waals surface area contributed by atoms with Crippen molar-refractivity contribution in [2.75, 3.05) is 18.5 Å². The molecule has 38 heavy (non-hydrogen) atoms. The van der Waals surface area contributed by atoms with Gasteiger partial charge in [0.25, 0.3) is 0 Å². The highest BCUT2D eigenvalue weighted by Crippen LogP contribution is 2.29. The van der Waals surface area contributed by atoms with Crippen LogP contribution in [-0.4, -0.2) is 35.5 Å². The number of aliphatic hydroxyl groups is 1. The molecule has 0 aliphatic heterocycles. The van der Waals surface area contributed by atoms with Crippen molar-refractivity contribution in [3.8, 4) is 11.5 Å². The highest BCUT2D eigenvalue weighted by Gasteiger charge is 2.11. The van der Waals surface area contributed by atoms with Gasteiger partial charge in [-0.2, -0.15) is 0 Å². The number of aliphatic hydroxyl groups excluding tert-OH is 1. The molecule has 8 nitrogen and oxygen atoms in total. The van der Waals surface area contributed by atoms with Gasteiger partial charge in [0.15, 0.2) is 0 Å². The van der Waals surface area contributed by atoms with Crippen LogP contribution in [0, 0.1) is 0 Å². The van der Waals surface area contributed by atoms with Crippen molar-refractivity contribution in [1.29, 1.82) is 0 Å². The van der Waals surface area contributed by atoms with Gasteiger partial charge in [0.05, 0.1) is 11.2 Å². The second-order valence-electron chi connectivity index (χ2n) is 8.99. The van der Waals surface area contributed by atoms with E-state index in [9.17, 15) is 9.90 Å². The number of fused-ring (bicyclic) bond motifs is 3. The SMILES string of the molecule is NC(=O)Nc1cc(CC(O)NCCOc2ccc3c(c2)[nH]c2ccccc23)ccc1OCc1ccccc1. The number of amides is 2. The van der Waals surface area contributed by atoms with Crippen molar-refractivity contribution in [3.63, 3.8) is 0 Å². The number of aromatic amines is 1. The molecule has 1 aromatic heterocycles. The maximum atomic E-state index is 11.5. The van der Waals surface area contributed by atoms with E-state index in [1.54, 1.807) is 12.1 Å². The summed E-state index contributed by atoms with van der Waals surface area (Å²) >= 11 is 0. The molecule has 0 fully saturated rings. The molecular weight excluding hydrogens is 480 g/mol. The Balaban J connectivity index is 1.13. The van der Waals surface area contributed by atoms with Crippen LogP contribution in [0.5, 0.6) is 11.5 Å². The lowest BCUT2D eigenvalue weighted by molar-refractivity contribution is 0.130. The first-order valence-electron chi connectivity index (χ1n) is 12.5. The Morgan fingerprint density at radius 2 is 1.66 bits per heavy atom. The van der Waals surface area contributed by atoms with Gasteiger partial charge in [-0.15, -0.1) is 0 Å². The predicted octanol–water partition coefficient (Wildman–Crippen LogP) is 4.92. The number of urea groups is 1. The number of hydrogen-bond donors (Lipinski definition) is 5. The Hall–Kier alpha value is -4.53. The second-order valence-corrected chi connectivity index (χ2v) is 8.99. The lowest BCUT2D eigenvalue weighted by Crippen LogP contribution is -2.34. The van der Waals surface area contributed by atoms with Gasteiger partial charge in [-0.25, -0.2) is 4.79 Å². The van der Waals surface area contributed by atoms with E-state index in [1.807, 2.05) is 60.7 Å². The maximum absolute atomic E-state index is 11.5. The molecular formula is C30H30N4O4. The third-order valence-corrected chi connectivity index (χ3v) is 6.20. The maximum Gasteiger partial charge on any atom is 0.316 e. The number of carbonyl (C=O) groups excluding carboxylic acids is 1. The first kappa shape index (κ1) is 25.1. The number of rotatable bonds is 11. The summed E-state index contributed by atoms with van der Waals surface area (Å²) in [6.45, 7) is 1.20. The molecule has 1 heterocycles. The number of nitrogens with two attached hydrogens (primary N) is 1. The van der Waals surface area contributed by atoms with Gasteiger partial charge in [0, 0.05) is 35.3 Å². The Morgan fingerprint density at radius 1 is 0.868 bits per heavy atom. The molecule has 0 saturated carbocycles. The first-order valence-corrected chi connectivity index (χ1v) is 12.5. The number of primary amides is 1. The fraction of sp³-hybridized carbons (Fsp3) is 0.167. The minimum Gasteiger partial charge on any atom is -0.492 e. The van der Waals surface area contributed by atoms with Crippen LogP contribution in [-0.2, 0) is 13.0 Å². The Bertz CT molecular complexity index is 1530. The Morgan fingerprint density at radius 3 is 2.50 bits per heavy atom. The lowest BCUT2D eigenvalue weighted by Gasteiger charge is -2.16. The highest BCUT2D eigenvalue weighted by molar-refractivity contribution is 6.07. The zero-order valence-electron chi connectivity index (χ0n) is 20.8. The van der Waals surface area contributed by atoms with Crippen molar-refractivity contribution in [2.45, 2.75) is 19.3 Å². The predicted molar refractivity (Wildman–Crippen MR) is 149 cm³/mol. The number of hydrogen-bond acceptors (Lipinski definition) is 5. The third kappa shape index (κ3) is 6.23. The topological polar surface area (TPSA) is 122 Å². The highest BCUT2D eigenvalue weighted by atomic mass is 16.5. The van der Waals surface area contributed by atoms with E-state index >= 15 is 0 Å². The smallest absolute Gasteiger partial charge is 0.316 e. The van der Waals surface area contributed by atoms with Gasteiger partial charge in [-0.3, -0.25) is 5.32 Å². The van der Waals surface area contributed by atoms with Crippen LogP contribution in [0.1, 0.15) is 11.1 Å². The summed E-state index contributed by atoms with van der Waals surface area (Å²) in [6.07, 6.45) is -0.472. The molecule has 0 radical (unpaired) electrons. The molecule has 0 aliphatic carbocycles. The molecule has 4 aromatic carbocycles. The summed E-state index contributed by atoms with van der Waals surface area (Å²) in [5.74, 6) is 1.26. The number of aromatic nitrogens is 1. The van der Waals surface area contributed by atoms with Crippen LogP contribution in [0.3, 0.4) is 0 Å². The molecule has 1 unspecified atom stereocenters. The number of ether oxygens (including phenoxy) is 2. The summed E-state index contributed by atoms with van der Waals surface area (Å²) in [6, 6.07) is 28.6. The normalized spacial score (nSPS) is 11.9. The summed E-state index contributed by atoms with van der Waals surface area (Å²) in [7, 11) is 0. The van der Waals surface area contributed by atoms with Gasteiger partial charge in [0.1, 0.15) is 30.9 Å². The van der Waals surface area contributed by atoms with Gasteiger partial charge in [-0.05, 0) is 41.5 Å². The van der Waals surface area contributed by atoms with Crippen LogP contribution < -0.4 is 25.8 Å². The average molecular weight is 511 g/mol. The van der Waals surface area contributed by atoms with Gasteiger partial charge in [0.2, 0.25) is 0 Å². The number of nitrogens with one attached hydrogen (secondary N) is 3. The van der Waals surface area contributed by atoms with Crippen molar-refractivity contribution in [1.82, 2.24) is 10.3 Å². The fourth-order valence-corrected chi connectivity index (χ4v) is 4.41.